The highest BCUT2D eigenvalue weighted by Crippen LogP contribution is 2.29. The van der Waals surface area contributed by atoms with Crippen LogP contribution in [0.4, 0.5) is 0 Å². The molecule has 0 aliphatic heterocycles. The molecule has 2 aromatic rings. The summed E-state index contributed by atoms with van der Waals surface area (Å²) in [5.74, 6) is 0.923. The van der Waals surface area contributed by atoms with E-state index in [0.29, 0.717) is 0 Å². The Labute approximate surface area is 123 Å². The maximum Gasteiger partial charge on any atom is 0.119 e. The summed E-state index contributed by atoms with van der Waals surface area (Å²) in [4.78, 5) is 4.32. The van der Waals surface area contributed by atoms with Crippen LogP contribution in [0.1, 0.15) is 29.8 Å². The Hall–Kier alpha value is -1.35. The number of pyridine rings is 1. The molecule has 1 aromatic heterocycles. The normalized spacial score (nSPS) is 12.4. The molecule has 0 aliphatic carbocycles. The second-order valence-electron chi connectivity index (χ2n) is 4.77. The van der Waals surface area contributed by atoms with E-state index in [1.807, 2.05) is 50.5 Å². The number of ether oxygens (including phenoxy) is 1. The van der Waals surface area contributed by atoms with E-state index in [1.54, 1.807) is 0 Å². The third kappa shape index (κ3) is 4.35. The van der Waals surface area contributed by atoms with Crippen LogP contribution in [-0.4, -0.2) is 11.1 Å². The molecular formula is C16H18BrNO. The average Bonchev–Trinajstić information content (AvgIpc) is 2.39. The van der Waals surface area contributed by atoms with Crippen LogP contribution >= 0.6 is 15.9 Å². The summed E-state index contributed by atoms with van der Waals surface area (Å²) < 4.78 is 5.72. The minimum atomic E-state index is 0.198. The number of benzene rings is 1. The van der Waals surface area contributed by atoms with E-state index >= 15 is 0 Å². The fourth-order valence-corrected chi connectivity index (χ4v) is 2.56. The van der Waals surface area contributed by atoms with E-state index in [4.69, 9.17) is 4.74 Å². The average molecular weight is 320 g/mol. The van der Waals surface area contributed by atoms with Crippen molar-refractivity contribution in [3.63, 3.8) is 0 Å². The molecule has 1 heterocycles. The smallest absolute Gasteiger partial charge is 0.119 e. The Morgan fingerprint density at radius 1 is 1.16 bits per heavy atom. The highest BCUT2D eigenvalue weighted by Gasteiger charge is 2.09. The Balaban J connectivity index is 2.08. The number of rotatable bonds is 5. The van der Waals surface area contributed by atoms with Crippen molar-refractivity contribution in [2.75, 3.05) is 0 Å². The largest absolute Gasteiger partial charge is 0.491 e. The molecule has 19 heavy (non-hydrogen) atoms. The van der Waals surface area contributed by atoms with Crippen LogP contribution in [0, 0.1) is 0 Å². The Morgan fingerprint density at radius 3 is 2.58 bits per heavy atom. The van der Waals surface area contributed by atoms with E-state index in [0.717, 1.165) is 12.2 Å². The highest BCUT2D eigenvalue weighted by atomic mass is 79.9. The van der Waals surface area contributed by atoms with Crippen molar-refractivity contribution in [3.05, 3.63) is 59.9 Å². The van der Waals surface area contributed by atoms with E-state index in [-0.39, 0.29) is 10.9 Å². The molecule has 2 rings (SSSR count). The van der Waals surface area contributed by atoms with Crippen molar-refractivity contribution >= 4 is 15.9 Å². The third-order valence-electron chi connectivity index (χ3n) is 2.76. The van der Waals surface area contributed by atoms with Crippen LogP contribution in [0.25, 0.3) is 0 Å². The quantitative estimate of drug-likeness (QED) is 0.754. The Kier molecular flexibility index (Phi) is 4.97. The predicted octanol–water partition coefficient (Wildman–Crippen LogP) is 4.55. The van der Waals surface area contributed by atoms with Gasteiger partial charge in [-0.2, -0.15) is 0 Å². The van der Waals surface area contributed by atoms with Crippen LogP contribution in [-0.2, 0) is 6.42 Å². The van der Waals surface area contributed by atoms with Gasteiger partial charge in [0, 0.05) is 17.2 Å². The zero-order chi connectivity index (χ0) is 13.7. The van der Waals surface area contributed by atoms with Gasteiger partial charge in [0.25, 0.3) is 0 Å². The van der Waals surface area contributed by atoms with Crippen molar-refractivity contribution in [3.8, 4) is 5.75 Å². The zero-order valence-corrected chi connectivity index (χ0v) is 12.8. The van der Waals surface area contributed by atoms with Crippen molar-refractivity contribution in [2.45, 2.75) is 31.2 Å². The first kappa shape index (κ1) is 14.1. The summed E-state index contributed by atoms with van der Waals surface area (Å²) in [6.07, 6.45) is 4.79. The molecule has 0 N–H and O–H groups in total. The number of alkyl halides is 1. The maximum atomic E-state index is 5.72. The molecular weight excluding hydrogens is 302 g/mol. The van der Waals surface area contributed by atoms with E-state index in [2.05, 4.69) is 33.0 Å². The molecule has 1 aromatic carbocycles. The van der Waals surface area contributed by atoms with Gasteiger partial charge in [-0.3, -0.25) is 4.98 Å². The van der Waals surface area contributed by atoms with Gasteiger partial charge >= 0.3 is 0 Å². The summed E-state index contributed by atoms with van der Waals surface area (Å²) in [6, 6.07) is 12.3. The zero-order valence-electron chi connectivity index (χ0n) is 11.2. The van der Waals surface area contributed by atoms with Crippen LogP contribution in [0.3, 0.4) is 0 Å². The van der Waals surface area contributed by atoms with Crippen LogP contribution in [0.15, 0.2) is 48.8 Å². The SMILES string of the molecule is CC(C)Oc1cccc(C(Br)Cc2ccncc2)c1. The Bertz CT molecular complexity index is 513. The van der Waals surface area contributed by atoms with E-state index in [9.17, 15) is 0 Å². The minimum Gasteiger partial charge on any atom is -0.491 e. The highest BCUT2D eigenvalue weighted by molar-refractivity contribution is 9.09. The first-order valence-corrected chi connectivity index (χ1v) is 7.36. The van der Waals surface area contributed by atoms with E-state index < -0.39 is 0 Å². The van der Waals surface area contributed by atoms with Gasteiger partial charge in [0.1, 0.15) is 5.75 Å². The molecule has 0 radical (unpaired) electrons. The summed E-state index contributed by atoms with van der Waals surface area (Å²) in [5, 5.41) is 0. The lowest BCUT2D eigenvalue weighted by molar-refractivity contribution is 0.242. The van der Waals surface area contributed by atoms with Gasteiger partial charge in [-0.1, -0.05) is 28.1 Å². The molecule has 0 fully saturated rings. The molecule has 0 saturated carbocycles. The van der Waals surface area contributed by atoms with Gasteiger partial charge in [-0.15, -0.1) is 0 Å². The molecule has 3 heteroatoms. The first-order valence-electron chi connectivity index (χ1n) is 6.45. The molecule has 0 bridgehead atoms. The second-order valence-corrected chi connectivity index (χ2v) is 5.87. The lowest BCUT2D eigenvalue weighted by atomic mass is 10.1. The molecule has 2 nitrogen and oxygen atoms in total. The van der Waals surface area contributed by atoms with Crippen LogP contribution in [0.2, 0.25) is 0 Å². The predicted molar refractivity (Wildman–Crippen MR) is 81.8 cm³/mol. The van der Waals surface area contributed by atoms with Crippen molar-refractivity contribution in [2.24, 2.45) is 0 Å². The monoisotopic (exact) mass is 319 g/mol. The number of halogens is 1. The molecule has 100 valence electrons. The van der Waals surface area contributed by atoms with Crippen LogP contribution < -0.4 is 4.74 Å². The summed E-state index contributed by atoms with van der Waals surface area (Å²) >= 11 is 3.75. The molecule has 1 unspecified atom stereocenters. The number of hydrogen-bond acceptors (Lipinski definition) is 2. The molecule has 0 aliphatic rings. The lowest BCUT2D eigenvalue weighted by Crippen LogP contribution is -2.06. The lowest BCUT2D eigenvalue weighted by Gasteiger charge is -2.14. The second kappa shape index (κ2) is 6.71. The standard InChI is InChI=1S/C16H18BrNO/c1-12(2)19-15-5-3-4-14(11-15)16(17)10-13-6-8-18-9-7-13/h3-9,11-12,16H,10H2,1-2H3. The van der Waals surface area contributed by atoms with Gasteiger partial charge in [0.05, 0.1) is 6.10 Å². The molecule has 0 amide bonds. The maximum absolute atomic E-state index is 5.72. The minimum absolute atomic E-state index is 0.198. The number of aromatic nitrogens is 1. The van der Waals surface area contributed by atoms with Crippen molar-refractivity contribution < 1.29 is 4.74 Å². The summed E-state index contributed by atoms with van der Waals surface area (Å²) in [5.41, 5.74) is 2.50. The molecule has 0 spiro atoms. The summed E-state index contributed by atoms with van der Waals surface area (Å²) in [7, 11) is 0. The first-order chi connectivity index (χ1) is 9.15. The van der Waals surface area contributed by atoms with Crippen molar-refractivity contribution in [1.29, 1.82) is 0 Å². The Morgan fingerprint density at radius 2 is 1.89 bits per heavy atom. The topological polar surface area (TPSA) is 22.1 Å². The van der Waals surface area contributed by atoms with Gasteiger partial charge in [-0.25, -0.2) is 0 Å². The van der Waals surface area contributed by atoms with Gasteiger partial charge in [-0.05, 0) is 55.7 Å². The number of hydrogen-bond donors (Lipinski definition) is 0. The number of nitrogens with zero attached hydrogens (tertiary/aromatic N) is 1. The van der Waals surface area contributed by atoms with Gasteiger partial charge < -0.3 is 4.74 Å². The van der Waals surface area contributed by atoms with Crippen molar-refractivity contribution in [1.82, 2.24) is 4.98 Å². The van der Waals surface area contributed by atoms with Gasteiger partial charge in [0.15, 0.2) is 0 Å². The molecule has 1 atom stereocenters. The van der Waals surface area contributed by atoms with Crippen LogP contribution in [0.5, 0.6) is 5.75 Å². The third-order valence-corrected chi connectivity index (χ3v) is 3.61. The fourth-order valence-electron chi connectivity index (χ4n) is 1.90. The summed E-state index contributed by atoms with van der Waals surface area (Å²) in [6.45, 7) is 4.07. The molecule has 0 saturated heterocycles. The van der Waals surface area contributed by atoms with E-state index in [1.165, 1.54) is 11.1 Å². The fraction of sp³-hybridized carbons (Fsp3) is 0.312. The van der Waals surface area contributed by atoms with Gasteiger partial charge in [0.2, 0.25) is 0 Å².